The molecule has 1 aliphatic heterocycles. The normalized spacial score (nSPS) is 15.3. The molecule has 0 aliphatic carbocycles. The molecule has 0 N–H and O–H groups in total. The van der Waals surface area contributed by atoms with Gasteiger partial charge in [-0.1, -0.05) is 18.2 Å². The zero-order valence-corrected chi connectivity index (χ0v) is 17.7. The summed E-state index contributed by atoms with van der Waals surface area (Å²) in [4.78, 5) is 26.4. The zero-order valence-electron chi connectivity index (χ0n) is 16.9. The number of aromatic nitrogens is 2. The van der Waals surface area contributed by atoms with E-state index in [-0.39, 0.29) is 5.91 Å². The molecule has 0 atom stereocenters. The van der Waals surface area contributed by atoms with Crippen molar-refractivity contribution in [2.45, 2.75) is 19.6 Å². The molecule has 31 heavy (non-hydrogen) atoms. The summed E-state index contributed by atoms with van der Waals surface area (Å²) in [5.41, 5.74) is 1.63. The highest BCUT2D eigenvalue weighted by Crippen LogP contribution is 2.30. The molecule has 0 radical (unpaired) electrons. The second kappa shape index (κ2) is 8.76. The summed E-state index contributed by atoms with van der Waals surface area (Å²) >= 11 is 1.35. The van der Waals surface area contributed by atoms with Crippen molar-refractivity contribution < 1.29 is 18.0 Å². The summed E-state index contributed by atoms with van der Waals surface area (Å²) in [7, 11) is 0. The lowest BCUT2D eigenvalue weighted by molar-refractivity contribution is -0.137. The van der Waals surface area contributed by atoms with E-state index in [1.165, 1.54) is 23.5 Å². The molecule has 5 nitrogen and oxygen atoms in total. The first-order chi connectivity index (χ1) is 14.8. The number of rotatable bonds is 4. The van der Waals surface area contributed by atoms with Gasteiger partial charge in [-0.2, -0.15) is 13.2 Å². The van der Waals surface area contributed by atoms with Crippen LogP contribution in [-0.2, 0) is 12.7 Å². The monoisotopic (exact) mass is 446 g/mol. The van der Waals surface area contributed by atoms with Gasteiger partial charge in [0.1, 0.15) is 9.88 Å². The Morgan fingerprint density at radius 1 is 1.06 bits per heavy atom. The molecule has 162 valence electrons. The van der Waals surface area contributed by atoms with Crippen LogP contribution in [0.5, 0.6) is 0 Å². The van der Waals surface area contributed by atoms with E-state index in [4.69, 9.17) is 0 Å². The number of hydrogen-bond acceptors (Lipinski definition) is 5. The van der Waals surface area contributed by atoms with Crippen LogP contribution in [0.3, 0.4) is 0 Å². The number of carbonyl (C=O) groups excluding carboxylic acids is 1. The van der Waals surface area contributed by atoms with Crippen molar-refractivity contribution in [3.8, 4) is 10.7 Å². The summed E-state index contributed by atoms with van der Waals surface area (Å²) in [6.45, 7) is 4.85. The van der Waals surface area contributed by atoms with Crippen LogP contribution in [0, 0.1) is 6.92 Å². The van der Waals surface area contributed by atoms with E-state index in [9.17, 15) is 18.0 Å². The largest absolute Gasteiger partial charge is 0.416 e. The molecule has 1 saturated heterocycles. The summed E-state index contributed by atoms with van der Waals surface area (Å²) in [6.07, 6.45) is -2.63. The molecule has 1 aromatic carbocycles. The third kappa shape index (κ3) is 4.94. The number of carbonyl (C=O) groups is 1. The van der Waals surface area contributed by atoms with Crippen LogP contribution in [-0.4, -0.2) is 51.9 Å². The highest BCUT2D eigenvalue weighted by Gasteiger charge is 2.30. The SMILES string of the molecule is Cc1nc(-c2ccccn2)sc1C(=O)N1CCN(Cc2ccc(C(F)(F)F)cc2)CC1. The number of nitrogens with zero attached hydrogens (tertiary/aromatic N) is 4. The van der Waals surface area contributed by atoms with Crippen LogP contribution in [0.25, 0.3) is 10.7 Å². The van der Waals surface area contributed by atoms with Gasteiger partial charge in [0.15, 0.2) is 0 Å². The molecule has 3 heterocycles. The predicted octanol–water partition coefficient (Wildman–Crippen LogP) is 4.49. The van der Waals surface area contributed by atoms with Gasteiger partial charge in [-0.3, -0.25) is 14.7 Å². The molecule has 1 amide bonds. The fraction of sp³-hybridized carbons (Fsp3) is 0.318. The van der Waals surface area contributed by atoms with E-state index < -0.39 is 11.7 Å². The van der Waals surface area contributed by atoms with Crippen LogP contribution in [0.1, 0.15) is 26.5 Å². The Balaban J connectivity index is 1.36. The van der Waals surface area contributed by atoms with Gasteiger partial charge < -0.3 is 4.90 Å². The second-order valence-electron chi connectivity index (χ2n) is 7.41. The van der Waals surface area contributed by atoms with E-state index >= 15 is 0 Å². The maximum absolute atomic E-state index is 13.0. The Labute approximate surface area is 182 Å². The minimum atomic E-state index is -4.32. The van der Waals surface area contributed by atoms with Crippen LogP contribution in [0.4, 0.5) is 13.2 Å². The first kappa shape index (κ1) is 21.5. The van der Waals surface area contributed by atoms with Crippen molar-refractivity contribution in [3.05, 3.63) is 70.4 Å². The fourth-order valence-corrected chi connectivity index (χ4v) is 4.51. The number of hydrogen-bond donors (Lipinski definition) is 0. The Morgan fingerprint density at radius 3 is 2.39 bits per heavy atom. The van der Waals surface area contributed by atoms with Crippen LogP contribution < -0.4 is 0 Å². The van der Waals surface area contributed by atoms with Crippen LogP contribution >= 0.6 is 11.3 Å². The molecule has 9 heteroatoms. The molecule has 0 unspecified atom stereocenters. The Morgan fingerprint density at radius 2 is 1.77 bits per heavy atom. The van der Waals surface area contributed by atoms with Gasteiger partial charge in [0.25, 0.3) is 5.91 Å². The predicted molar refractivity (Wildman–Crippen MR) is 113 cm³/mol. The highest BCUT2D eigenvalue weighted by molar-refractivity contribution is 7.17. The standard InChI is InChI=1S/C22H21F3N4OS/c1-15-19(31-20(27-15)18-4-2-3-9-26-18)21(30)29-12-10-28(11-13-29)14-16-5-7-17(8-6-16)22(23,24)25/h2-9H,10-14H2,1H3. The minimum Gasteiger partial charge on any atom is -0.335 e. The van der Waals surface area contributed by atoms with Crippen molar-refractivity contribution in [3.63, 3.8) is 0 Å². The average molecular weight is 446 g/mol. The Hall–Kier alpha value is -2.78. The molecule has 3 aromatic rings. The van der Waals surface area contributed by atoms with Crippen LogP contribution in [0.15, 0.2) is 48.7 Å². The number of thiazole rings is 1. The number of pyridine rings is 1. The molecule has 0 bridgehead atoms. The van der Waals surface area contributed by atoms with E-state index in [1.807, 2.05) is 30.0 Å². The number of piperazine rings is 1. The summed E-state index contributed by atoms with van der Waals surface area (Å²) in [5.74, 6) is -0.0358. The van der Waals surface area contributed by atoms with Gasteiger partial charge in [0, 0.05) is 38.9 Å². The molecule has 4 rings (SSSR count). The molecule has 1 aliphatic rings. The van der Waals surface area contributed by atoms with Crippen molar-refractivity contribution in [1.82, 2.24) is 19.8 Å². The van der Waals surface area contributed by atoms with Crippen molar-refractivity contribution in [2.24, 2.45) is 0 Å². The quantitative estimate of drug-likeness (QED) is 0.593. The second-order valence-corrected chi connectivity index (χ2v) is 8.41. The number of halogens is 3. The van der Waals surface area contributed by atoms with E-state index in [2.05, 4.69) is 14.9 Å². The van der Waals surface area contributed by atoms with Gasteiger partial charge in [-0.05, 0) is 36.8 Å². The number of benzene rings is 1. The maximum Gasteiger partial charge on any atom is 0.416 e. The summed E-state index contributed by atoms with van der Waals surface area (Å²) < 4.78 is 38.1. The summed E-state index contributed by atoms with van der Waals surface area (Å²) in [5, 5.41) is 0.724. The van der Waals surface area contributed by atoms with E-state index in [0.717, 1.165) is 28.4 Å². The summed E-state index contributed by atoms with van der Waals surface area (Å²) in [6, 6.07) is 10.8. The van der Waals surface area contributed by atoms with Gasteiger partial charge >= 0.3 is 6.18 Å². The number of amides is 1. The lowest BCUT2D eigenvalue weighted by Crippen LogP contribution is -2.48. The highest BCUT2D eigenvalue weighted by atomic mass is 32.1. The third-order valence-corrected chi connectivity index (χ3v) is 6.39. The van der Waals surface area contributed by atoms with E-state index in [0.29, 0.717) is 43.3 Å². The lowest BCUT2D eigenvalue weighted by Gasteiger charge is -2.34. The first-order valence-corrected chi connectivity index (χ1v) is 10.7. The first-order valence-electron chi connectivity index (χ1n) is 9.88. The number of alkyl halides is 3. The van der Waals surface area contributed by atoms with Crippen LogP contribution in [0.2, 0.25) is 0 Å². The van der Waals surface area contributed by atoms with E-state index in [1.54, 1.807) is 6.20 Å². The van der Waals surface area contributed by atoms with Gasteiger partial charge in [-0.15, -0.1) is 11.3 Å². The van der Waals surface area contributed by atoms with Crippen molar-refractivity contribution >= 4 is 17.2 Å². The van der Waals surface area contributed by atoms with Crippen molar-refractivity contribution in [1.29, 1.82) is 0 Å². The zero-order chi connectivity index (χ0) is 22.0. The van der Waals surface area contributed by atoms with Crippen molar-refractivity contribution in [2.75, 3.05) is 26.2 Å². The Bertz CT molecular complexity index is 1040. The minimum absolute atomic E-state index is 0.0358. The maximum atomic E-state index is 13.0. The Kier molecular flexibility index (Phi) is 6.06. The fourth-order valence-electron chi connectivity index (χ4n) is 3.50. The lowest BCUT2D eigenvalue weighted by atomic mass is 10.1. The topological polar surface area (TPSA) is 49.3 Å². The number of aryl methyl sites for hydroxylation is 1. The third-order valence-electron chi connectivity index (χ3n) is 5.22. The smallest absolute Gasteiger partial charge is 0.335 e. The molecular formula is C22H21F3N4OS. The molecule has 1 fully saturated rings. The van der Waals surface area contributed by atoms with Gasteiger partial charge in [0.2, 0.25) is 0 Å². The molecule has 2 aromatic heterocycles. The van der Waals surface area contributed by atoms with Gasteiger partial charge in [-0.25, -0.2) is 4.98 Å². The molecule has 0 spiro atoms. The average Bonchev–Trinajstić information content (AvgIpc) is 3.16. The molecule has 0 saturated carbocycles. The molecular weight excluding hydrogens is 425 g/mol. The van der Waals surface area contributed by atoms with Gasteiger partial charge in [0.05, 0.1) is 17.0 Å².